The molecule has 3 aromatic carbocycles. The van der Waals surface area contributed by atoms with Gasteiger partial charge in [-0.05, 0) is 124 Å². The van der Waals surface area contributed by atoms with E-state index in [0.29, 0.717) is 31.2 Å². The van der Waals surface area contributed by atoms with Gasteiger partial charge in [0.2, 0.25) is 17.7 Å². The number of halogens is 3. The van der Waals surface area contributed by atoms with Gasteiger partial charge in [-0.2, -0.15) is 18.4 Å². The van der Waals surface area contributed by atoms with E-state index in [-0.39, 0.29) is 48.5 Å². The fourth-order valence-corrected chi connectivity index (χ4v) is 10.8. The van der Waals surface area contributed by atoms with Crippen LogP contribution in [0.15, 0.2) is 72.2 Å². The van der Waals surface area contributed by atoms with Crippen molar-refractivity contribution < 1.29 is 42.2 Å². The lowest BCUT2D eigenvalue weighted by Crippen LogP contribution is -2.57. The topological polar surface area (TPSA) is 171 Å². The quantitative estimate of drug-likeness (QED) is 0.0742. The van der Waals surface area contributed by atoms with Crippen molar-refractivity contribution in [1.82, 2.24) is 25.4 Å². The predicted molar refractivity (Wildman–Crippen MR) is 269 cm³/mol. The zero-order valence-electron chi connectivity index (χ0n) is 40.8. The van der Waals surface area contributed by atoms with E-state index in [2.05, 4.69) is 20.5 Å². The van der Waals surface area contributed by atoms with E-state index in [1.54, 1.807) is 36.2 Å². The van der Waals surface area contributed by atoms with Crippen LogP contribution in [0.4, 0.5) is 24.5 Å². The molecule has 3 fully saturated rings. The Morgan fingerprint density at radius 1 is 1.01 bits per heavy atom. The van der Waals surface area contributed by atoms with E-state index < -0.39 is 58.3 Å². The number of aryl methyl sites for hydroxylation is 1. The standard InChI is InChI=1S/C52H61F3N8O6S2/c1-32-44(71-31-58-32)36-11-9-33(10-12-36)29-57-46(66)42-27-40(64)30-61(42)47(67)45(50(2,3)4)59-43(65)8-7-24-69-25-23-60-21-19-35(20-22-60)34-13-16-38(17-14-34)63-49(70)62(48(68)51(63,5)6)39-18-15-37(28-56)41(26-39)52(53,54)55/h9-18,26,31,35,40,42,45,64H,7-8,19-25,27,29-30H2,1-6H3,(H,57,66)(H,59,65)/t40-,42+,45?/m1/s1. The van der Waals surface area contributed by atoms with Gasteiger partial charge in [-0.15, -0.1) is 11.3 Å². The van der Waals surface area contributed by atoms with Crippen molar-refractivity contribution in [2.24, 2.45) is 5.41 Å². The average molecular weight is 1020 g/mol. The van der Waals surface area contributed by atoms with Crippen LogP contribution in [0.5, 0.6) is 0 Å². The number of nitrogens with zero attached hydrogens (tertiary/aromatic N) is 6. The molecule has 7 rings (SSSR count). The first kappa shape index (κ1) is 53.0. The van der Waals surface area contributed by atoms with E-state index >= 15 is 0 Å². The molecule has 378 valence electrons. The fraction of sp³-hybridized carbons (Fsp3) is 0.481. The van der Waals surface area contributed by atoms with Crippen molar-refractivity contribution in [3.05, 3.63) is 100 Å². The normalized spacial score (nSPS) is 19.3. The number of aliphatic hydroxyl groups is 1. The molecule has 71 heavy (non-hydrogen) atoms. The fourth-order valence-electron chi connectivity index (χ4n) is 9.49. The first-order chi connectivity index (χ1) is 33.6. The summed E-state index contributed by atoms with van der Waals surface area (Å²) in [4.78, 5) is 66.3. The number of nitriles is 1. The monoisotopic (exact) mass is 1010 g/mol. The van der Waals surface area contributed by atoms with E-state index in [1.807, 2.05) is 81.7 Å². The highest BCUT2D eigenvalue weighted by atomic mass is 32.1. The Labute approximate surface area is 422 Å². The average Bonchev–Trinajstić information content (AvgIpc) is 4.00. The van der Waals surface area contributed by atoms with Crippen molar-refractivity contribution >= 4 is 63.7 Å². The van der Waals surface area contributed by atoms with Crippen LogP contribution < -0.4 is 20.4 Å². The number of rotatable bonds is 16. The Kier molecular flexibility index (Phi) is 16.4. The zero-order valence-corrected chi connectivity index (χ0v) is 42.5. The number of alkyl halides is 3. The van der Waals surface area contributed by atoms with Gasteiger partial charge in [0, 0.05) is 44.8 Å². The maximum Gasteiger partial charge on any atom is 0.417 e. The van der Waals surface area contributed by atoms with Crippen molar-refractivity contribution in [3.63, 3.8) is 0 Å². The summed E-state index contributed by atoms with van der Waals surface area (Å²) >= 11 is 7.27. The third-order valence-corrected chi connectivity index (χ3v) is 14.9. The molecule has 14 nitrogen and oxygen atoms in total. The molecule has 0 saturated carbocycles. The summed E-state index contributed by atoms with van der Waals surface area (Å²) in [6.45, 7) is 14.4. The van der Waals surface area contributed by atoms with Gasteiger partial charge in [0.25, 0.3) is 5.91 Å². The van der Waals surface area contributed by atoms with Gasteiger partial charge >= 0.3 is 6.18 Å². The largest absolute Gasteiger partial charge is 0.417 e. The highest BCUT2D eigenvalue weighted by molar-refractivity contribution is 7.81. The number of carbonyl (C=O) groups excluding carboxylic acids is 4. The second-order valence-electron chi connectivity index (χ2n) is 20.0. The molecule has 19 heteroatoms. The third-order valence-electron chi connectivity index (χ3n) is 13.5. The van der Waals surface area contributed by atoms with Gasteiger partial charge in [-0.25, -0.2) is 4.98 Å². The summed E-state index contributed by atoms with van der Waals surface area (Å²) in [6, 6.07) is 18.5. The van der Waals surface area contributed by atoms with Crippen molar-refractivity contribution in [2.75, 3.05) is 49.2 Å². The van der Waals surface area contributed by atoms with Gasteiger partial charge in [0.15, 0.2) is 5.11 Å². The number of piperidine rings is 1. The Balaban J connectivity index is 0.826. The Hall–Kier alpha value is -5.78. The van der Waals surface area contributed by atoms with Crippen LogP contribution in [0.1, 0.15) is 101 Å². The van der Waals surface area contributed by atoms with Crippen LogP contribution in [0.25, 0.3) is 10.4 Å². The molecule has 4 aromatic rings. The molecular weight excluding hydrogens is 954 g/mol. The number of nitrogens with one attached hydrogen (secondary N) is 2. The highest BCUT2D eigenvalue weighted by Gasteiger charge is 2.51. The van der Waals surface area contributed by atoms with Crippen LogP contribution in [0.3, 0.4) is 0 Å². The van der Waals surface area contributed by atoms with E-state index in [0.717, 1.165) is 76.8 Å². The molecule has 1 aromatic heterocycles. The molecule has 3 atom stereocenters. The summed E-state index contributed by atoms with van der Waals surface area (Å²) in [5, 5.41) is 25.7. The summed E-state index contributed by atoms with van der Waals surface area (Å²) in [7, 11) is 0. The number of likely N-dealkylation sites (tertiary alicyclic amines) is 2. The summed E-state index contributed by atoms with van der Waals surface area (Å²) in [5.41, 5.74) is 2.86. The minimum Gasteiger partial charge on any atom is -0.391 e. The van der Waals surface area contributed by atoms with Crippen molar-refractivity contribution in [2.45, 2.75) is 116 Å². The van der Waals surface area contributed by atoms with E-state index in [9.17, 15) is 42.7 Å². The van der Waals surface area contributed by atoms with Crippen molar-refractivity contribution in [3.8, 4) is 16.5 Å². The van der Waals surface area contributed by atoms with Gasteiger partial charge in [-0.3, -0.25) is 24.1 Å². The molecule has 3 N–H and O–H groups in total. The SMILES string of the molecule is Cc1ncsc1-c1ccc(CNC(=O)[C@@H]2C[C@@H](O)CN2C(=O)C(NC(=O)CCCOCCN2CCC(c3ccc(N4C(=S)N(c5ccc(C#N)c(C(F)(F)F)c5)C(=O)C4(C)C)cc3)CC2)C(C)(C)C)cc1. The highest BCUT2D eigenvalue weighted by Crippen LogP contribution is 2.40. The molecule has 0 radical (unpaired) electrons. The summed E-state index contributed by atoms with van der Waals surface area (Å²) in [5.74, 6) is -1.27. The predicted octanol–water partition coefficient (Wildman–Crippen LogP) is 7.71. The third kappa shape index (κ3) is 12.1. The second-order valence-corrected chi connectivity index (χ2v) is 21.2. The van der Waals surface area contributed by atoms with E-state index in [1.165, 1.54) is 11.0 Å². The second kappa shape index (κ2) is 21.9. The number of aromatic nitrogens is 1. The number of carbonyl (C=O) groups is 4. The minimum atomic E-state index is -4.79. The zero-order chi connectivity index (χ0) is 51.4. The van der Waals surface area contributed by atoms with Gasteiger partial charge in [0.05, 0.1) is 51.7 Å². The van der Waals surface area contributed by atoms with Crippen LogP contribution >= 0.6 is 23.6 Å². The summed E-state index contributed by atoms with van der Waals surface area (Å²) in [6.07, 6.45) is -3.13. The number of hydrogen-bond donors (Lipinski definition) is 3. The molecular formula is C52H61F3N8O6S2. The molecule has 0 aliphatic carbocycles. The number of hydrogen-bond acceptors (Lipinski definition) is 11. The number of aliphatic hydroxyl groups excluding tert-OH is 1. The smallest absolute Gasteiger partial charge is 0.391 e. The van der Waals surface area contributed by atoms with Crippen LogP contribution in [0.2, 0.25) is 0 Å². The molecule has 1 unspecified atom stereocenters. The number of β-amino-alcohol motifs (C(OH)–C–C–N with tert-alkyl or cyclic N) is 1. The molecule has 0 bridgehead atoms. The molecule has 4 amide bonds. The number of thiazole rings is 1. The Morgan fingerprint density at radius 2 is 1.69 bits per heavy atom. The lowest BCUT2D eigenvalue weighted by Gasteiger charge is -2.35. The first-order valence-electron chi connectivity index (χ1n) is 23.8. The minimum absolute atomic E-state index is 0.00948. The number of benzene rings is 3. The number of anilines is 2. The Bertz CT molecular complexity index is 2640. The number of thiocarbonyl (C=S) groups is 1. The maximum atomic E-state index is 14.0. The summed E-state index contributed by atoms with van der Waals surface area (Å²) < 4.78 is 47.3. The lowest BCUT2D eigenvalue weighted by molar-refractivity contribution is -0.144. The molecule has 3 aliphatic rings. The van der Waals surface area contributed by atoms with Gasteiger partial charge < -0.3 is 35.2 Å². The maximum absolute atomic E-state index is 14.0. The van der Waals surface area contributed by atoms with Gasteiger partial charge in [-0.1, -0.05) is 57.2 Å². The first-order valence-corrected chi connectivity index (χ1v) is 25.1. The molecule has 3 aliphatic heterocycles. The number of amides is 4. The van der Waals surface area contributed by atoms with Crippen molar-refractivity contribution in [1.29, 1.82) is 5.26 Å². The molecule has 4 heterocycles. The Morgan fingerprint density at radius 3 is 2.31 bits per heavy atom. The van der Waals surface area contributed by atoms with E-state index in [4.69, 9.17) is 17.0 Å². The van der Waals surface area contributed by atoms with Gasteiger partial charge in [0.1, 0.15) is 17.6 Å². The van der Waals surface area contributed by atoms with Crippen LogP contribution in [-0.2, 0) is 36.6 Å². The number of ether oxygens (including phenoxy) is 1. The molecule has 0 spiro atoms. The van der Waals surface area contributed by atoms with Crippen LogP contribution in [-0.4, -0.2) is 112 Å². The molecule has 3 saturated heterocycles. The lowest BCUT2D eigenvalue weighted by atomic mass is 9.85. The van der Waals surface area contributed by atoms with Crippen LogP contribution in [0, 0.1) is 23.7 Å².